The normalized spacial score (nSPS) is 14.3. The van der Waals surface area contributed by atoms with E-state index in [1.54, 1.807) is 0 Å². The SMILES string of the molecule is CCCCCCCCCOc1ccc(-c2n[nH]c3c2CN(C)CC3)cc1Br. The largest absolute Gasteiger partial charge is 0.492 e. The van der Waals surface area contributed by atoms with E-state index in [1.807, 2.05) is 0 Å². The monoisotopic (exact) mass is 433 g/mol. The molecule has 4 nitrogen and oxygen atoms in total. The molecule has 0 unspecified atom stereocenters. The number of aromatic nitrogens is 2. The Hall–Kier alpha value is -1.33. The van der Waals surface area contributed by atoms with Crippen LogP contribution in [-0.4, -0.2) is 35.3 Å². The molecule has 5 heteroatoms. The lowest BCUT2D eigenvalue weighted by Crippen LogP contribution is -2.26. The van der Waals surface area contributed by atoms with Gasteiger partial charge < -0.3 is 9.64 Å². The Morgan fingerprint density at radius 3 is 2.70 bits per heavy atom. The van der Waals surface area contributed by atoms with Gasteiger partial charge in [-0.2, -0.15) is 5.10 Å². The van der Waals surface area contributed by atoms with Crippen molar-refractivity contribution in [2.24, 2.45) is 0 Å². The highest BCUT2D eigenvalue weighted by molar-refractivity contribution is 9.10. The molecule has 3 rings (SSSR count). The quantitative estimate of drug-likeness (QED) is 0.470. The number of nitrogens with one attached hydrogen (secondary N) is 1. The summed E-state index contributed by atoms with van der Waals surface area (Å²) in [6.07, 6.45) is 10.1. The molecule has 0 saturated carbocycles. The maximum Gasteiger partial charge on any atom is 0.133 e. The number of rotatable bonds is 10. The van der Waals surface area contributed by atoms with Gasteiger partial charge in [0.05, 0.1) is 16.8 Å². The van der Waals surface area contributed by atoms with E-state index in [0.717, 1.165) is 54.0 Å². The fourth-order valence-electron chi connectivity index (χ4n) is 3.68. The standard InChI is InChI=1S/C22H32BrN3O/c1-3-4-5-6-7-8-9-14-27-21-11-10-17(15-19(21)23)22-18-16-26(2)13-12-20(18)24-25-22/h10-11,15H,3-9,12-14,16H2,1-2H3,(H,24,25). The molecule has 0 saturated heterocycles. The highest BCUT2D eigenvalue weighted by atomic mass is 79.9. The third kappa shape index (κ3) is 5.58. The van der Waals surface area contributed by atoms with Crippen LogP contribution < -0.4 is 4.74 Å². The first-order chi connectivity index (χ1) is 13.2. The smallest absolute Gasteiger partial charge is 0.133 e. The third-order valence-corrected chi connectivity index (χ3v) is 5.95. The molecule has 1 aliphatic rings. The predicted molar refractivity (Wildman–Crippen MR) is 115 cm³/mol. The lowest BCUT2D eigenvalue weighted by molar-refractivity contribution is 0.302. The molecular formula is C22H32BrN3O. The summed E-state index contributed by atoms with van der Waals surface area (Å²) in [6, 6.07) is 6.31. The first kappa shape index (κ1) is 20.4. The van der Waals surface area contributed by atoms with Crippen LogP contribution in [0, 0.1) is 0 Å². The van der Waals surface area contributed by atoms with E-state index < -0.39 is 0 Å². The Morgan fingerprint density at radius 2 is 1.93 bits per heavy atom. The number of benzene rings is 1. The molecule has 2 heterocycles. The van der Waals surface area contributed by atoms with E-state index in [0.29, 0.717) is 0 Å². The Kier molecular flexibility index (Phi) is 7.77. The molecule has 148 valence electrons. The molecule has 0 bridgehead atoms. The van der Waals surface area contributed by atoms with Crippen LogP contribution in [0.4, 0.5) is 0 Å². The van der Waals surface area contributed by atoms with Crippen LogP contribution in [0.5, 0.6) is 5.75 Å². The number of hydrogen-bond acceptors (Lipinski definition) is 3. The minimum atomic E-state index is 0.786. The summed E-state index contributed by atoms with van der Waals surface area (Å²) in [7, 11) is 2.16. The number of hydrogen-bond donors (Lipinski definition) is 1. The molecule has 1 N–H and O–H groups in total. The zero-order valence-electron chi connectivity index (χ0n) is 16.7. The van der Waals surface area contributed by atoms with E-state index in [-0.39, 0.29) is 0 Å². The Bertz CT molecular complexity index is 728. The third-order valence-electron chi connectivity index (χ3n) is 5.34. The number of likely N-dealkylation sites (N-methyl/N-ethyl adjacent to an activating group) is 1. The van der Waals surface area contributed by atoms with Crippen molar-refractivity contribution in [2.45, 2.75) is 64.8 Å². The van der Waals surface area contributed by atoms with Crippen molar-refractivity contribution in [1.29, 1.82) is 0 Å². The molecule has 1 aromatic heterocycles. The molecule has 27 heavy (non-hydrogen) atoms. The second-order valence-electron chi connectivity index (χ2n) is 7.63. The number of halogens is 1. The molecule has 0 aliphatic carbocycles. The van der Waals surface area contributed by atoms with Crippen LogP contribution in [0.2, 0.25) is 0 Å². The molecule has 0 spiro atoms. The number of aromatic amines is 1. The van der Waals surface area contributed by atoms with Crippen LogP contribution in [0.1, 0.15) is 63.1 Å². The average molecular weight is 434 g/mol. The zero-order valence-corrected chi connectivity index (χ0v) is 18.3. The summed E-state index contributed by atoms with van der Waals surface area (Å²) >= 11 is 3.68. The highest BCUT2D eigenvalue weighted by Crippen LogP contribution is 2.33. The second kappa shape index (κ2) is 10.3. The first-order valence-electron chi connectivity index (χ1n) is 10.4. The molecule has 0 amide bonds. The maximum absolute atomic E-state index is 5.98. The molecule has 0 fully saturated rings. The van der Waals surface area contributed by atoms with Crippen LogP contribution >= 0.6 is 15.9 Å². The lowest BCUT2D eigenvalue weighted by atomic mass is 10.0. The Morgan fingerprint density at radius 1 is 1.15 bits per heavy atom. The van der Waals surface area contributed by atoms with E-state index in [4.69, 9.17) is 4.74 Å². The van der Waals surface area contributed by atoms with Gasteiger partial charge in [-0.1, -0.05) is 45.4 Å². The fourth-order valence-corrected chi connectivity index (χ4v) is 4.17. The molecule has 1 aromatic carbocycles. The van der Waals surface area contributed by atoms with E-state index in [9.17, 15) is 0 Å². The molecule has 2 aromatic rings. The summed E-state index contributed by atoms with van der Waals surface area (Å²) in [5.41, 5.74) is 4.81. The van der Waals surface area contributed by atoms with Gasteiger partial charge in [0.1, 0.15) is 5.75 Å². The van der Waals surface area contributed by atoms with Gasteiger partial charge in [-0.3, -0.25) is 5.10 Å². The zero-order chi connectivity index (χ0) is 19.1. The summed E-state index contributed by atoms with van der Waals surface area (Å²) in [5, 5.41) is 7.80. The van der Waals surface area contributed by atoms with Gasteiger partial charge in [-0.25, -0.2) is 0 Å². The first-order valence-corrected chi connectivity index (χ1v) is 11.2. The van der Waals surface area contributed by atoms with Crippen molar-refractivity contribution >= 4 is 15.9 Å². The van der Waals surface area contributed by atoms with Crippen LogP contribution in [0.15, 0.2) is 22.7 Å². The van der Waals surface area contributed by atoms with Crippen molar-refractivity contribution in [2.75, 3.05) is 20.2 Å². The highest BCUT2D eigenvalue weighted by Gasteiger charge is 2.21. The van der Waals surface area contributed by atoms with E-state index >= 15 is 0 Å². The molecule has 0 atom stereocenters. The summed E-state index contributed by atoms with van der Waals surface area (Å²) in [5.74, 6) is 0.922. The summed E-state index contributed by atoms with van der Waals surface area (Å²) in [6.45, 7) is 5.09. The predicted octanol–water partition coefficient (Wildman–Crippen LogP) is 5.96. The number of H-pyrrole nitrogens is 1. The van der Waals surface area contributed by atoms with Crippen molar-refractivity contribution in [3.05, 3.63) is 33.9 Å². The van der Waals surface area contributed by atoms with E-state index in [1.165, 1.54) is 49.8 Å². The number of fused-ring (bicyclic) bond motifs is 1. The fraction of sp³-hybridized carbons (Fsp3) is 0.591. The van der Waals surface area contributed by atoms with Gasteiger partial charge in [0.25, 0.3) is 0 Å². The van der Waals surface area contributed by atoms with Gasteiger partial charge in [-0.05, 0) is 47.6 Å². The van der Waals surface area contributed by atoms with Gasteiger partial charge in [0.15, 0.2) is 0 Å². The minimum Gasteiger partial charge on any atom is -0.492 e. The Labute approximate surface area is 171 Å². The average Bonchev–Trinajstić information content (AvgIpc) is 3.08. The van der Waals surface area contributed by atoms with Crippen LogP contribution in [0.25, 0.3) is 11.3 Å². The Balaban J connectivity index is 1.52. The van der Waals surface area contributed by atoms with Gasteiger partial charge in [0.2, 0.25) is 0 Å². The van der Waals surface area contributed by atoms with Crippen molar-refractivity contribution in [3.8, 4) is 17.0 Å². The van der Waals surface area contributed by atoms with Gasteiger partial charge in [-0.15, -0.1) is 0 Å². The van der Waals surface area contributed by atoms with Crippen molar-refractivity contribution < 1.29 is 4.74 Å². The molecule has 0 radical (unpaired) electrons. The minimum absolute atomic E-state index is 0.786. The lowest BCUT2D eigenvalue weighted by Gasteiger charge is -2.22. The molecular weight excluding hydrogens is 402 g/mol. The maximum atomic E-state index is 5.98. The number of ether oxygens (including phenoxy) is 1. The van der Waals surface area contributed by atoms with E-state index in [2.05, 4.69) is 63.2 Å². The van der Waals surface area contributed by atoms with Crippen molar-refractivity contribution in [1.82, 2.24) is 15.1 Å². The molecule has 1 aliphatic heterocycles. The number of nitrogens with zero attached hydrogens (tertiary/aromatic N) is 2. The van der Waals surface area contributed by atoms with Gasteiger partial charge in [0, 0.05) is 36.3 Å². The topological polar surface area (TPSA) is 41.1 Å². The number of unbranched alkanes of at least 4 members (excludes halogenated alkanes) is 6. The van der Waals surface area contributed by atoms with Gasteiger partial charge >= 0.3 is 0 Å². The van der Waals surface area contributed by atoms with Crippen LogP contribution in [-0.2, 0) is 13.0 Å². The van der Waals surface area contributed by atoms with Crippen LogP contribution in [0.3, 0.4) is 0 Å². The summed E-state index contributed by atoms with van der Waals surface area (Å²) in [4.78, 5) is 2.34. The second-order valence-corrected chi connectivity index (χ2v) is 8.49. The summed E-state index contributed by atoms with van der Waals surface area (Å²) < 4.78 is 6.99. The van der Waals surface area contributed by atoms with Crippen molar-refractivity contribution in [3.63, 3.8) is 0 Å².